The van der Waals surface area contributed by atoms with Gasteiger partial charge in [-0.3, -0.25) is 4.79 Å². The van der Waals surface area contributed by atoms with Gasteiger partial charge in [-0.25, -0.2) is 4.79 Å². The Morgan fingerprint density at radius 3 is 2.53 bits per heavy atom. The third kappa shape index (κ3) is 6.02. The predicted octanol–water partition coefficient (Wildman–Crippen LogP) is 7.77. The molecule has 1 saturated heterocycles. The number of rotatable bonds is 6. The van der Waals surface area contributed by atoms with Crippen LogP contribution in [0.15, 0.2) is 77.4 Å². The van der Waals surface area contributed by atoms with E-state index >= 15 is 0 Å². The number of aliphatic hydroxyl groups is 1. The van der Waals surface area contributed by atoms with Crippen molar-refractivity contribution in [2.45, 2.75) is 83.2 Å². The molecule has 45 heavy (non-hydrogen) atoms. The van der Waals surface area contributed by atoms with Gasteiger partial charge in [-0.15, -0.1) is 0 Å². The van der Waals surface area contributed by atoms with E-state index in [4.69, 9.17) is 0 Å². The fourth-order valence-corrected chi connectivity index (χ4v) is 9.20. The second kappa shape index (κ2) is 12.6. The molecule has 236 valence electrons. The van der Waals surface area contributed by atoms with E-state index in [-0.39, 0.29) is 29.3 Å². The molecule has 0 radical (unpaired) electrons. The molecular formula is C39H47N3O3. The summed E-state index contributed by atoms with van der Waals surface area (Å²) in [5.41, 5.74) is 8.63. The van der Waals surface area contributed by atoms with E-state index in [1.165, 1.54) is 41.7 Å². The largest absolute Gasteiger partial charge is 0.393 e. The molecule has 2 aromatic carbocycles. The minimum Gasteiger partial charge on any atom is -0.393 e. The molecule has 5 aliphatic rings. The normalized spacial score (nSPS) is 29.6. The molecule has 0 spiro atoms. The number of urea groups is 1. The number of piperidine rings is 1. The number of fused-ring (bicyclic) bond motifs is 4. The average Bonchev–Trinajstić information content (AvgIpc) is 3.37. The zero-order valence-electron chi connectivity index (χ0n) is 26.6. The lowest BCUT2D eigenvalue weighted by Gasteiger charge is -2.52. The van der Waals surface area contributed by atoms with Crippen molar-refractivity contribution < 1.29 is 14.7 Å². The molecule has 5 atom stereocenters. The average molecular weight is 606 g/mol. The highest BCUT2D eigenvalue weighted by atomic mass is 16.3. The van der Waals surface area contributed by atoms with E-state index in [1.54, 1.807) is 5.57 Å². The summed E-state index contributed by atoms with van der Waals surface area (Å²) < 4.78 is 0. The highest BCUT2D eigenvalue weighted by molar-refractivity contribution is 5.93. The van der Waals surface area contributed by atoms with Crippen LogP contribution in [0.25, 0.3) is 6.08 Å². The third-order valence-corrected chi connectivity index (χ3v) is 11.6. The summed E-state index contributed by atoms with van der Waals surface area (Å²) in [7, 11) is 0. The fourth-order valence-electron chi connectivity index (χ4n) is 9.20. The number of amides is 2. The van der Waals surface area contributed by atoms with E-state index < -0.39 is 0 Å². The molecule has 1 aliphatic heterocycles. The molecule has 4 aliphatic carbocycles. The third-order valence-electron chi connectivity index (χ3n) is 11.6. The Kier molecular flexibility index (Phi) is 8.43. The first-order valence-electron chi connectivity index (χ1n) is 17.2. The van der Waals surface area contributed by atoms with Crippen molar-refractivity contribution in [1.29, 1.82) is 0 Å². The summed E-state index contributed by atoms with van der Waals surface area (Å²) in [4.78, 5) is 27.2. The number of hydrogen-bond acceptors (Lipinski definition) is 4. The van der Waals surface area contributed by atoms with Crippen LogP contribution in [0.4, 0.5) is 16.2 Å². The van der Waals surface area contributed by atoms with Crippen molar-refractivity contribution >= 4 is 29.3 Å². The number of allylic oxidation sites excluding steroid dienone is 4. The lowest BCUT2D eigenvalue weighted by atomic mass is 9.53. The Bertz CT molecular complexity index is 1520. The van der Waals surface area contributed by atoms with Crippen molar-refractivity contribution in [2.24, 2.45) is 17.3 Å². The van der Waals surface area contributed by atoms with Gasteiger partial charge in [-0.2, -0.15) is 0 Å². The van der Waals surface area contributed by atoms with E-state index in [0.29, 0.717) is 24.8 Å². The van der Waals surface area contributed by atoms with Gasteiger partial charge in [0.25, 0.3) is 0 Å². The quantitative estimate of drug-likeness (QED) is 0.314. The fraction of sp³-hybridized carbons (Fsp3) is 0.487. The van der Waals surface area contributed by atoms with Gasteiger partial charge in [0.15, 0.2) is 5.78 Å². The van der Waals surface area contributed by atoms with Crippen LogP contribution in [-0.2, 0) is 4.79 Å². The molecule has 0 aromatic heterocycles. The van der Waals surface area contributed by atoms with E-state index in [1.807, 2.05) is 24.3 Å². The number of aliphatic hydroxyl groups excluding tert-OH is 1. The van der Waals surface area contributed by atoms with Crippen molar-refractivity contribution in [2.75, 3.05) is 29.9 Å². The monoisotopic (exact) mass is 605 g/mol. The van der Waals surface area contributed by atoms with Crippen LogP contribution in [0.5, 0.6) is 0 Å². The standard InChI is InChI=1S/C39H47N3O3/c1-39-25-34(37-32-18-16-31(43)24-28(32)11-17-33(37)35(39)19-20-36(39)44)27-9-7-26(8-10-27)6-5-21-40-38(45)41-29-12-14-30(15-13-29)42-22-3-2-4-23-42/h5-10,12-15,24,33-36,44H,2-4,11,16-23,25H2,1H3,(H2,40,41,45)/b6-5+. The molecule has 2 amide bonds. The number of nitrogens with zero attached hydrogens (tertiary/aromatic N) is 1. The van der Waals surface area contributed by atoms with Crippen LogP contribution in [-0.4, -0.2) is 42.7 Å². The predicted molar refractivity (Wildman–Crippen MR) is 181 cm³/mol. The van der Waals surface area contributed by atoms with Gasteiger partial charge in [-0.1, -0.05) is 48.9 Å². The number of benzene rings is 2. The summed E-state index contributed by atoms with van der Waals surface area (Å²) in [5, 5.41) is 17.0. The van der Waals surface area contributed by atoms with Gasteiger partial charge in [0, 0.05) is 43.3 Å². The maximum Gasteiger partial charge on any atom is 0.319 e. The topological polar surface area (TPSA) is 81.7 Å². The molecule has 2 aromatic rings. The zero-order chi connectivity index (χ0) is 31.0. The highest BCUT2D eigenvalue weighted by Crippen LogP contribution is 2.63. The second-order valence-electron chi connectivity index (χ2n) is 14.2. The van der Waals surface area contributed by atoms with Gasteiger partial charge >= 0.3 is 6.03 Å². The summed E-state index contributed by atoms with van der Waals surface area (Å²) in [5.74, 6) is 1.56. The molecule has 6 heteroatoms. The van der Waals surface area contributed by atoms with Gasteiger partial charge in [0.05, 0.1) is 6.10 Å². The summed E-state index contributed by atoms with van der Waals surface area (Å²) in [6.07, 6.45) is 16.0. The summed E-state index contributed by atoms with van der Waals surface area (Å²) in [6.45, 7) is 4.97. The first-order chi connectivity index (χ1) is 21.9. The Morgan fingerprint density at radius 2 is 1.76 bits per heavy atom. The smallest absolute Gasteiger partial charge is 0.319 e. The van der Waals surface area contributed by atoms with Crippen LogP contribution in [0.3, 0.4) is 0 Å². The molecule has 3 N–H and O–H groups in total. The van der Waals surface area contributed by atoms with Crippen LogP contribution in [0.2, 0.25) is 0 Å². The van der Waals surface area contributed by atoms with Crippen LogP contribution < -0.4 is 15.5 Å². The van der Waals surface area contributed by atoms with E-state index in [2.05, 4.69) is 64.9 Å². The number of nitrogens with one attached hydrogen (secondary N) is 2. The van der Waals surface area contributed by atoms with Crippen molar-refractivity contribution in [1.82, 2.24) is 5.32 Å². The zero-order valence-corrected chi connectivity index (χ0v) is 26.6. The Morgan fingerprint density at radius 1 is 0.978 bits per heavy atom. The number of anilines is 2. The summed E-state index contributed by atoms with van der Waals surface area (Å²) in [6, 6.07) is 16.7. The molecule has 1 heterocycles. The Hall–Kier alpha value is -3.64. The lowest BCUT2D eigenvalue weighted by Crippen LogP contribution is -2.45. The second-order valence-corrected chi connectivity index (χ2v) is 14.2. The molecule has 6 nitrogen and oxygen atoms in total. The van der Waals surface area contributed by atoms with Gasteiger partial charge in [0.2, 0.25) is 0 Å². The van der Waals surface area contributed by atoms with Crippen molar-refractivity contribution in [3.63, 3.8) is 0 Å². The molecule has 3 fully saturated rings. The van der Waals surface area contributed by atoms with Gasteiger partial charge in [0.1, 0.15) is 0 Å². The molecule has 7 rings (SSSR count). The SMILES string of the molecule is CC12CC(c3ccc(/C=C/CNC(=O)Nc4ccc(N5CCCCC5)cc4)cc3)C3=C4CCC(=O)C=C4CCC3C1CCC2O. The molecular weight excluding hydrogens is 558 g/mol. The Labute approximate surface area is 267 Å². The summed E-state index contributed by atoms with van der Waals surface area (Å²) >= 11 is 0. The van der Waals surface area contributed by atoms with Crippen molar-refractivity contribution in [3.05, 3.63) is 88.5 Å². The van der Waals surface area contributed by atoms with Crippen LogP contribution in [0.1, 0.15) is 88.2 Å². The molecule has 0 bridgehead atoms. The minimum atomic E-state index is -0.243. The Balaban J connectivity index is 0.995. The maximum absolute atomic E-state index is 12.5. The van der Waals surface area contributed by atoms with E-state index in [9.17, 15) is 14.7 Å². The van der Waals surface area contributed by atoms with Gasteiger partial charge < -0.3 is 20.6 Å². The number of hydrogen-bond donors (Lipinski definition) is 3. The van der Waals surface area contributed by atoms with Crippen LogP contribution in [0, 0.1) is 17.3 Å². The molecule has 2 saturated carbocycles. The number of carbonyl (C=O) groups is 2. The first kappa shape index (κ1) is 30.0. The minimum absolute atomic E-state index is 0.0642. The van der Waals surface area contributed by atoms with Gasteiger partial charge in [-0.05, 0) is 128 Å². The first-order valence-corrected chi connectivity index (χ1v) is 17.2. The van der Waals surface area contributed by atoms with Crippen molar-refractivity contribution in [3.8, 4) is 0 Å². The lowest BCUT2D eigenvalue weighted by molar-refractivity contribution is -0.114. The van der Waals surface area contributed by atoms with Crippen LogP contribution >= 0.6 is 0 Å². The molecule has 5 unspecified atom stereocenters. The maximum atomic E-state index is 12.5. The number of carbonyl (C=O) groups excluding carboxylic acids is 2. The number of ketones is 1. The van der Waals surface area contributed by atoms with E-state index in [0.717, 1.165) is 62.9 Å². The highest BCUT2D eigenvalue weighted by Gasteiger charge is 2.56.